The van der Waals surface area contributed by atoms with Gasteiger partial charge in [-0.3, -0.25) is 14.6 Å². The smallest absolute Gasteiger partial charge is 0.288 e. The number of carbonyl (C=O) groups excluding carboxylic acids is 2. The molecule has 3 aromatic carbocycles. The predicted molar refractivity (Wildman–Crippen MR) is 161 cm³/mol. The number of anilines is 1. The molecule has 2 N–H and O–H groups in total. The number of nitrogens with two attached hydrogens (primary N) is 1. The predicted octanol–water partition coefficient (Wildman–Crippen LogP) is 3.93. The van der Waals surface area contributed by atoms with Crippen LogP contribution in [0.15, 0.2) is 85.1 Å². The summed E-state index contributed by atoms with van der Waals surface area (Å²) in [4.78, 5) is 35.8. The molecule has 2 amide bonds. The largest absolute Gasteiger partial charge is 0.493 e. The average molecular weight is 573 g/mol. The number of fused-ring (bicyclic) bond motifs is 2. The van der Waals surface area contributed by atoms with Gasteiger partial charge in [-0.1, -0.05) is 48.2 Å². The quantitative estimate of drug-likeness (QED) is 0.231. The van der Waals surface area contributed by atoms with E-state index in [4.69, 9.17) is 15.2 Å². The van der Waals surface area contributed by atoms with Crippen molar-refractivity contribution >= 4 is 28.4 Å². The van der Waals surface area contributed by atoms with E-state index in [1.54, 1.807) is 19.3 Å². The molecule has 1 aliphatic heterocycles. The number of primary amides is 1. The summed E-state index contributed by atoms with van der Waals surface area (Å²) in [7, 11) is 1.68. The molecule has 0 spiro atoms. The van der Waals surface area contributed by atoms with E-state index in [2.05, 4.69) is 26.9 Å². The Kier molecular flexibility index (Phi) is 7.70. The monoisotopic (exact) mass is 572 g/mol. The van der Waals surface area contributed by atoms with Crippen molar-refractivity contribution in [2.75, 3.05) is 25.2 Å². The molecule has 0 saturated carbocycles. The molecule has 0 bridgehead atoms. The summed E-state index contributed by atoms with van der Waals surface area (Å²) in [5.74, 6) is 6.85. The minimum Gasteiger partial charge on any atom is -0.493 e. The molecule has 0 saturated heterocycles. The number of hydrogen-bond acceptors (Lipinski definition) is 7. The van der Waals surface area contributed by atoms with Crippen molar-refractivity contribution < 1.29 is 19.1 Å². The number of hydrogen-bond donors (Lipinski definition) is 1. The summed E-state index contributed by atoms with van der Waals surface area (Å²) in [6.07, 6.45) is 2.65. The number of pyridine rings is 1. The summed E-state index contributed by atoms with van der Waals surface area (Å²) in [5.41, 5.74) is 8.67. The molecule has 2 aromatic heterocycles. The first-order valence-electron chi connectivity index (χ1n) is 13.8. The van der Waals surface area contributed by atoms with Crippen molar-refractivity contribution in [1.29, 1.82) is 0 Å². The lowest BCUT2D eigenvalue weighted by molar-refractivity contribution is -0.122. The van der Waals surface area contributed by atoms with Gasteiger partial charge in [-0.25, -0.2) is 9.67 Å². The van der Waals surface area contributed by atoms with Crippen LogP contribution < -0.4 is 20.1 Å². The average Bonchev–Trinajstić information content (AvgIpc) is 3.40. The molecule has 5 aromatic rings. The third-order valence-electron chi connectivity index (χ3n) is 7.06. The van der Waals surface area contributed by atoms with Gasteiger partial charge in [0.25, 0.3) is 11.8 Å². The highest BCUT2D eigenvalue weighted by molar-refractivity contribution is 5.98. The van der Waals surface area contributed by atoms with E-state index in [1.807, 2.05) is 72.8 Å². The normalized spacial score (nSPS) is 14.3. The first-order valence-corrected chi connectivity index (χ1v) is 13.8. The minimum atomic E-state index is -0.853. The van der Waals surface area contributed by atoms with E-state index in [9.17, 15) is 9.59 Å². The van der Waals surface area contributed by atoms with Gasteiger partial charge in [0.15, 0.2) is 6.04 Å². The summed E-state index contributed by atoms with van der Waals surface area (Å²) in [6.45, 7) is 0.441. The van der Waals surface area contributed by atoms with Gasteiger partial charge in [-0.2, -0.15) is 0 Å². The van der Waals surface area contributed by atoms with Crippen molar-refractivity contribution in [1.82, 2.24) is 19.7 Å². The van der Waals surface area contributed by atoms with Crippen LogP contribution in [0.3, 0.4) is 0 Å². The number of likely N-dealkylation sites (N-methyl/N-ethyl adjacent to an activating group) is 1. The maximum atomic E-state index is 13.7. The zero-order chi connectivity index (χ0) is 29.8. The summed E-state index contributed by atoms with van der Waals surface area (Å²) in [6, 6.07) is 23.9. The molecule has 6 rings (SSSR count). The van der Waals surface area contributed by atoms with E-state index >= 15 is 0 Å². The van der Waals surface area contributed by atoms with Gasteiger partial charge in [0.1, 0.15) is 23.9 Å². The van der Waals surface area contributed by atoms with Crippen LogP contribution in [0.1, 0.15) is 40.0 Å². The molecule has 0 radical (unpaired) electrons. The zero-order valence-electron chi connectivity index (χ0n) is 23.4. The van der Waals surface area contributed by atoms with Crippen LogP contribution in [0.4, 0.5) is 5.69 Å². The second-order valence-corrected chi connectivity index (χ2v) is 9.99. The third-order valence-corrected chi connectivity index (χ3v) is 7.06. The second kappa shape index (κ2) is 12.0. The van der Waals surface area contributed by atoms with Crippen LogP contribution in [-0.4, -0.2) is 51.8 Å². The van der Waals surface area contributed by atoms with Gasteiger partial charge in [0, 0.05) is 37.0 Å². The molecule has 0 unspecified atom stereocenters. The highest BCUT2D eigenvalue weighted by Gasteiger charge is 2.34. The molecular formula is C33H28N6O4. The standard InChI is InChI=1S/C33H28N6O4/c1-38-27-18-23(10-5-6-17-42-25-13-14-26-24(20-25)11-7-16-35-26)12-15-29(27)43-21-28(33(38)41)39-30(36-32(37-39)31(34)40)19-22-8-3-2-4-9-22/h2-4,7-9,11-16,18,20,28H,6,17,19,21H2,1H3,(H2,34,40)/t28-/m0/s1. The van der Waals surface area contributed by atoms with Crippen molar-refractivity contribution in [2.24, 2.45) is 5.73 Å². The molecule has 10 heteroatoms. The van der Waals surface area contributed by atoms with E-state index < -0.39 is 11.9 Å². The number of ether oxygens (including phenoxy) is 2. The van der Waals surface area contributed by atoms with Gasteiger partial charge < -0.3 is 20.1 Å². The van der Waals surface area contributed by atoms with Crippen molar-refractivity contribution in [3.63, 3.8) is 0 Å². The molecule has 1 atom stereocenters. The summed E-state index contributed by atoms with van der Waals surface area (Å²) < 4.78 is 13.4. The molecule has 10 nitrogen and oxygen atoms in total. The maximum absolute atomic E-state index is 13.7. The van der Waals surface area contributed by atoms with E-state index in [-0.39, 0.29) is 18.3 Å². The molecule has 3 heterocycles. The lowest BCUT2D eigenvalue weighted by atomic mass is 10.1. The molecule has 0 aliphatic carbocycles. The molecule has 43 heavy (non-hydrogen) atoms. The fraction of sp³-hybridized carbons (Fsp3) is 0.182. The lowest BCUT2D eigenvalue weighted by Gasteiger charge is -2.21. The van der Waals surface area contributed by atoms with Crippen molar-refractivity contribution in [2.45, 2.75) is 18.9 Å². The Morgan fingerprint density at radius 3 is 2.79 bits per heavy atom. The van der Waals surface area contributed by atoms with Gasteiger partial charge in [0.2, 0.25) is 5.82 Å². The van der Waals surface area contributed by atoms with Gasteiger partial charge in [0.05, 0.1) is 17.8 Å². The van der Waals surface area contributed by atoms with Gasteiger partial charge in [-0.15, -0.1) is 5.10 Å². The Labute approximate surface area is 248 Å². The Morgan fingerprint density at radius 2 is 1.95 bits per heavy atom. The highest BCUT2D eigenvalue weighted by Crippen LogP contribution is 2.34. The number of aromatic nitrogens is 4. The van der Waals surface area contributed by atoms with Crippen molar-refractivity contribution in [3.8, 4) is 23.3 Å². The number of benzene rings is 3. The molecule has 1 aliphatic rings. The minimum absolute atomic E-state index is 0.00667. The summed E-state index contributed by atoms with van der Waals surface area (Å²) in [5, 5.41) is 5.31. The lowest BCUT2D eigenvalue weighted by Crippen LogP contribution is -2.36. The Balaban J connectivity index is 1.16. The second-order valence-electron chi connectivity index (χ2n) is 9.99. The topological polar surface area (TPSA) is 125 Å². The van der Waals surface area contributed by atoms with E-state index in [0.717, 1.165) is 27.8 Å². The first kappa shape index (κ1) is 27.5. The van der Waals surface area contributed by atoms with Crippen LogP contribution in [0.25, 0.3) is 10.9 Å². The van der Waals surface area contributed by atoms with Crippen LogP contribution in [0.5, 0.6) is 11.5 Å². The Hall–Kier alpha value is -5.69. The van der Waals surface area contributed by atoms with Gasteiger partial charge in [-0.05, 0) is 48.0 Å². The Morgan fingerprint density at radius 1 is 1.09 bits per heavy atom. The van der Waals surface area contributed by atoms with Crippen LogP contribution in [0.2, 0.25) is 0 Å². The zero-order valence-corrected chi connectivity index (χ0v) is 23.4. The summed E-state index contributed by atoms with van der Waals surface area (Å²) >= 11 is 0. The maximum Gasteiger partial charge on any atom is 0.288 e. The van der Waals surface area contributed by atoms with Crippen LogP contribution >= 0.6 is 0 Å². The van der Waals surface area contributed by atoms with Crippen molar-refractivity contribution in [3.05, 3.63) is 108 Å². The van der Waals surface area contributed by atoms with Crippen LogP contribution in [-0.2, 0) is 11.2 Å². The number of rotatable bonds is 7. The number of nitrogens with zero attached hydrogens (tertiary/aromatic N) is 5. The SMILES string of the molecule is CN1C(=O)[C@@H](n2nc(C(N)=O)nc2Cc2ccccc2)COc2ccc(C#CCCOc3ccc4ncccc4c3)cc21. The molecule has 214 valence electrons. The third kappa shape index (κ3) is 6.01. The molecular weight excluding hydrogens is 544 g/mol. The van der Waals surface area contributed by atoms with Gasteiger partial charge >= 0.3 is 0 Å². The first-order chi connectivity index (χ1) is 21.0. The molecule has 0 fully saturated rings. The highest BCUT2D eigenvalue weighted by atomic mass is 16.5. The fourth-order valence-electron chi connectivity index (χ4n) is 4.87. The Bertz CT molecular complexity index is 1880. The number of amides is 2. The van der Waals surface area contributed by atoms with E-state index in [1.165, 1.54) is 9.58 Å². The van der Waals surface area contributed by atoms with E-state index in [0.29, 0.717) is 36.7 Å². The fourth-order valence-corrected chi connectivity index (χ4v) is 4.87. The van der Waals surface area contributed by atoms with Crippen LogP contribution in [0, 0.1) is 11.8 Å². The number of carbonyl (C=O) groups is 2.